The average Bonchev–Trinajstić information content (AvgIpc) is 3.17. The zero-order valence-corrected chi connectivity index (χ0v) is 13.5. The van der Waals surface area contributed by atoms with Gasteiger partial charge in [0.05, 0.1) is 24.4 Å². The Balaban J connectivity index is 2.06. The highest BCUT2D eigenvalue weighted by Gasteiger charge is 2.44. The maximum absolute atomic E-state index is 12.6. The standard InChI is InChI=1S/C18H18N2O4/c1-11(2)16(21)14-15(12-5-3-7-19-9-12)20(18(23)17(14)22)10-13-6-4-8-24-13/h3-9,11,15,22H,10H2,1-2H3. The molecule has 0 saturated carbocycles. The summed E-state index contributed by atoms with van der Waals surface area (Å²) in [4.78, 5) is 30.7. The fraction of sp³-hybridized carbons (Fsp3) is 0.278. The van der Waals surface area contributed by atoms with Gasteiger partial charge in [0.1, 0.15) is 5.76 Å². The highest BCUT2D eigenvalue weighted by Crippen LogP contribution is 2.39. The molecule has 0 aliphatic carbocycles. The Morgan fingerprint density at radius 2 is 2.17 bits per heavy atom. The Labute approximate surface area is 139 Å². The third-order valence-corrected chi connectivity index (χ3v) is 4.00. The van der Waals surface area contributed by atoms with E-state index in [2.05, 4.69) is 4.98 Å². The number of rotatable bonds is 5. The van der Waals surface area contributed by atoms with Crippen LogP contribution in [0.15, 0.2) is 58.7 Å². The number of amides is 1. The second-order valence-corrected chi connectivity index (χ2v) is 5.98. The van der Waals surface area contributed by atoms with Gasteiger partial charge in [-0.25, -0.2) is 0 Å². The number of aromatic nitrogens is 1. The summed E-state index contributed by atoms with van der Waals surface area (Å²) in [6.45, 7) is 3.63. The van der Waals surface area contributed by atoms with Crippen molar-refractivity contribution in [3.05, 3.63) is 65.6 Å². The van der Waals surface area contributed by atoms with Gasteiger partial charge in [0.15, 0.2) is 11.5 Å². The average molecular weight is 326 g/mol. The van der Waals surface area contributed by atoms with Gasteiger partial charge < -0.3 is 14.4 Å². The molecule has 1 aliphatic rings. The summed E-state index contributed by atoms with van der Waals surface area (Å²) in [6, 6.07) is 6.31. The van der Waals surface area contributed by atoms with Crippen molar-refractivity contribution in [3.8, 4) is 0 Å². The number of pyridine rings is 1. The van der Waals surface area contributed by atoms with Crippen LogP contribution in [0.4, 0.5) is 0 Å². The molecule has 1 amide bonds. The topological polar surface area (TPSA) is 83.6 Å². The molecule has 2 aromatic rings. The van der Waals surface area contributed by atoms with Crippen molar-refractivity contribution in [2.75, 3.05) is 0 Å². The molecule has 6 nitrogen and oxygen atoms in total. The van der Waals surface area contributed by atoms with Gasteiger partial charge in [0.25, 0.3) is 5.91 Å². The molecule has 1 N–H and O–H groups in total. The summed E-state index contributed by atoms with van der Waals surface area (Å²) in [6.07, 6.45) is 4.73. The van der Waals surface area contributed by atoms with Gasteiger partial charge in [-0.15, -0.1) is 0 Å². The lowest BCUT2D eigenvalue weighted by atomic mass is 9.92. The van der Waals surface area contributed by atoms with Crippen molar-refractivity contribution < 1.29 is 19.1 Å². The van der Waals surface area contributed by atoms with Gasteiger partial charge in [0, 0.05) is 18.3 Å². The van der Waals surface area contributed by atoms with E-state index in [0.717, 1.165) is 0 Å². The Bertz CT molecular complexity index is 779. The molecule has 124 valence electrons. The van der Waals surface area contributed by atoms with Crippen molar-refractivity contribution >= 4 is 11.7 Å². The number of Topliss-reactive ketones (excluding diaryl/α,β-unsaturated/α-hetero) is 1. The molecule has 6 heteroatoms. The molecule has 0 saturated heterocycles. The maximum Gasteiger partial charge on any atom is 0.290 e. The summed E-state index contributed by atoms with van der Waals surface area (Å²) in [5, 5.41) is 10.3. The van der Waals surface area contributed by atoms with Crippen LogP contribution in [0.25, 0.3) is 0 Å². The lowest BCUT2D eigenvalue weighted by Crippen LogP contribution is -2.31. The normalized spacial score (nSPS) is 17.9. The minimum atomic E-state index is -0.675. The van der Waals surface area contributed by atoms with Crippen molar-refractivity contribution in [2.24, 2.45) is 5.92 Å². The minimum absolute atomic E-state index is 0.120. The molecule has 3 heterocycles. The summed E-state index contributed by atoms with van der Waals surface area (Å²) >= 11 is 0. The molecule has 1 aliphatic heterocycles. The molecular weight excluding hydrogens is 308 g/mol. The lowest BCUT2D eigenvalue weighted by Gasteiger charge is -2.26. The first-order chi connectivity index (χ1) is 11.5. The third kappa shape index (κ3) is 2.71. The fourth-order valence-corrected chi connectivity index (χ4v) is 2.83. The number of aliphatic hydroxyl groups excluding tert-OH is 1. The number of aliphatic hydroxyl groups is 1. The number of furan rings is 1. The largest absolute Gasteiger partial charge is 0.503 e. The molecule has 1 unspecified atom stereocenters. The Hall–Kier alpha value is -2.89. The van der Waals surface area contributed by atoms with Gasteiger partial charge >= 0.3 is 0 Å². The predicted molar refractivity (Wildman–Crippen MR) is 85.7 cm³/mol. The van der Waals surface area contributed by atoms with Gasteiger partial charge in [-0.3, -0.25) is 14.6 Å². The maximum atomic E-state index is 12.6. The fourth-order valence-electron chi connectivity index (χ4n) is 2.83. The Morgan fingerprint density at radius 1 is 1.38 bits per heavy atom. The van der Waals surface area contributed by atoms with E-state index >= 15 is 0 Å². The SMILES string of the molecule is CC(C)C(=O)C1=C(O)C(=O)N(Cc2ccco2)C1c1cccnc1. The predicted octanol–water partition coefficient (Wildman–Crippen LogP) is 2.80. The number of ketones is 1. The Morgan fingerprint density at radius 3 is 2.75 bits per heavy atom. The molecule has 3 rings (SSSR count). The summed E-state index contributed by atoms with van der Waals surface area (Å²) in [5.41, 5.74) is 0.792. The van der Waals surface area contributed by atoms with Gasteiger partial charge in [-0.2, -0.15) is 0 Å². The second-order valence-electron chi connectivity index (χ2n) is 5.98. The van der Waals surface area contributed by atoms with Crippen molar-refractivity contribution in [3.63, 3.8) is 0 Å². The van der Waals surface area contributed by atoms with Gasteiger partial charge in [-0.05, 0) is 23.8 Å². The van der Waals surface area contributed by atoms with Crippen LogP contribution >= 0.6 is 0 Å². The molecule has 0 spiro atoms. The van der Waals surface area contributed by atoms with E-state index in [1.54, 1.807) is 50.5 Å². The van der Waals surface area contributed by atoms with E-state index < -0.39 is 17.7 Å². The lowest BCUT2D eigenvalue weighted by molar-refractivity contribution is -0.130. The van der Waals surface area contributed by atoms with Crippen LogP contribution in [0.1, 0.15) is 31.2 Å². The molecule has 0 fully saturated rings. The first-order valence-electron chi connectivity index (χ1n) is 7.71. The van der Waals surface area contributed by atoms with E-state index in [1.165, 1.54) is 11.2 Å². The van der Waals surface area contributed by atoms with Crippen LogP contribution in [0.5, 0.6) is 0 Å². The summed E-state index contributed by atoms with van der Waals surface area (Å²) in [7, 11) is 0. The van der Waals surface area contributed by atoms with E-state index in [1.807, 2.05) is 0 Å². The minimum Gasteiger partial charge on any atom is -0.503 e. The van der Waals surface area contributed by atoms with Crippen LogP contribution in [0.3, 0.4) is 0 Å². The molecule has 2 aromatic heterocycles. The Kier molecular flexibility index (Phi) is 4.20. The summed E-state index contributed by atoms with van der Waals surface area (Å²) < 4.78 is 5.31. The first kappa shape index (κ1) is 16.0. The monoisotopic (exact) mass is 326 g/mol. The van der Waals surface area contributed by atoms with Crippen LogP contribution in [-0.4, -0.2) is 26.7 Å². The molecule has 0 bridgehead atoms. The van der Waals surface area contributed by atoms with Crippen LogP contribution in [0.2, 0.25) is 0 Å². The molecule has 0 radical (unpaired) electrons. The second kappa shape index (κ2) is 6.31. The number of nitrogens with zero attached hydrogens (tertiary/aromatic N) is 2. The first-order valence-corrected chi connectivity index (χ1v) is 7.71. The van der Waals surface area contributed by atoms with Gasteiger partial charge in [0.2, 0.25) is 0 Å². The number of carbonyl (C=O) groups excluding carboxylic acids is 2. The summed E-state index contributed by atoms with van der Waals surface area (Å²) in [5.74, 6) is -1.09. The van der Waals surface area contributed by atoms with Crippen LogP contribution in [-0.2, 0) is 16.1 Å². The molecule has 24 heavy (non-hydrogen) atoms. The highest BCUT2D eigenvalue weighted by molar-refractivity contribution is 6.09. The van der Waals surface area contributed by atoms with E-state index in [0.29, 0.717) is 11.3 Å². The third-order valence-electron chi connectivity index (χ3n) is 4.00. The van der Waals surface area contributed by atoms with Crippen molar-refractivity contribution in [1.82, 2.24) is 9.88 Å². The molecule has 0 aromatic carbocycles. The number of carbonyl (C=O) groups is 2. The molecular formula is C18H18N2O4. The zero-order valence-electron chi connectivity index (χ0n) is 13.5. The van der Waals surface area contributed by atoms with E-state index in [4.69, 9.17) is 4.42 Å². The van der Waals surface area contributed by atoms with E-state index in [-0.39, 0.29) is 23.8 Å². The van der Waals surface area contributed by atoms with Gasteiger partial charge in [-0.1, -0.05) is 19.9 Å². The zero-order chi connectivity index (χ0) is 17.3. The highest BCUT2D eigenvalue weighted by atomic mass is 16.3. The van der Waals surface area contributed by atoms with Crippen molar-refractivity contribution in [1.29, 1.82) is 0 Å². The number of hydrogen-bond acceptors (Lipinski definition) is 5. The van der Waals surface area contributed by atoms with Crippen LogP contribution < -0.4 is 0 Å². The van der Waals surface area contributed by atoms with Crippen LogP contribution in [0, 0.1) is 5.92 Å². The van der Waals surface area contributed by atoms with E-state index in [9.17, 15) is 14.7 Å². The molecule has 1 atom stereocenters. The number of hydrogen-bond donors (Lipinski definition) is 1. The quantitative estimate of drug-likeness (QED) is 0.913. The smallest absolute Gasteiger partial charge is 0.290 e. The van der Waals surface area contributed by atoms with Crippen molar-refractivity contribution in [2.45, 2.75) is 26.4 Å².